The SMILES string of the molecule is COC(=O)CC(=O)NCc1ccccn1. The predicted octanol–water partition coefficient (Wildman–Crippen LogP) is 0.261. The number of nitrogens with zero attached hydrogens (tertiary/aromatic N) is 1. The molecule has 0 bridgehead atoms. The third-order valence-electron chi connectivity index (χ3n) is 1.73. The van der Waals surface area contributed by atoms with Gasteiger partial charge in [-0.25, -0.2) is 0 Å². The summed E-state index contributed by atoms with van der Waals surface area (Å²) in [6.07, 6.45) is 1.38. The van der Waals surface area contributed by atoms with Crippen LogP contribution in [0, 0.1) is 0 Å². The quantitative estimate of drug-likeness (QED) is 0.569. The molecule has 15 heavy (non-hydrogen) atoms. The second-order valence-corrected chi connectivity index (χ2v) is 2.85. The van der Waals surface area contributed by atoms with E-state index in [9.17, 15) is 9.59 Å². The van der Waals surface area contributed by atoms with Crippen molar-refractivity contribution in [2.45, 2.75) is 13.0 Å². The molecule has 1 rings (SSSR count). The minimum atomic E-state index is -0.548. The van der Waals surface area contributed by atoms with Gasteiger partial charge in [-0.15, -0.1) is 0 Å². The number of esters is 1. The Balaban J connectivity index is 2.32. The smallest absolute Gasteiger partial charge is 0.315 e. The van der Waals surface area contributed by atoms with Gasteiger partial charge < -0.3 is 10.1 Å². The van der Waals surface area contributed by atoms with Crippen LogP contribution in [-0.4, -0.2) is 24.0 Å². The molecule has 0 aliphatic carbocycles. The van der Waals surface area contributed by atoms with Crippen molar-refractivity contribution in [1.82, 2.24) is 10.3 Å². The Hall–Kier alpha value is -1.91. The number of ether oxygens (including phenoxy) is 1. The first-order valence-electron chi connectivity index (χ1n) is 4.46. The van der Waals surface area contributed by atoms with Crippen LogP contribution in [0.4, 0.5) is 0 Å². The van der Waals surface area contributed by atoms with Crippen molar-refractivity contribution >= 4 is 11.9 Å². The molecule has 1 amide bonds. The second-order valence-electron chi connectivity index (χ2n) is 2.85. The molecule has 0 atom stereocenters. The van der Waals surface area contributed by atoms with Gasteiger partial charge in [0.2, 0.25) is 5.91 Å². The Morgan fingerprint density at radius 2 is 2.27 bits per heavy atom. The van der Waals surface area contributed by atoms with Crippen LogP contribution in [0.1, 0.15) is 12.1 Å². The van der Waals surface area contributed by atoms with Crippen molar-refractivity contribution in [2.24, 2.45) is 0 Å². The highest BCUT2D eigenvalue weighted by atomic mass is 16.5. The fourth-order valence-corrected chi connectivity index (χ4v) is 0.958. The maximum absolute atomic E-state index is 11.1. The first-order valence-corrected chi connectivity index (χ1v) is 4.46. The lowest BCUT2D eigenvalue weighted by atomic mass is 10.3. The monoisotopic (exact) mass is 208 g/mol. The molecule has 5 heteroatoms. The molecule has 1 aromatic heterocycles. The lowest BCUT2D eigenvalue weighted by Crippen LogP contribution is -2.25. The van der Waals surface area contributed by atoms with Gasteiger partial charge in [0, 0.05) is 6.20 Å². The van der Waals surface area contributed by atoms with E-state index in [0.717, 1.165) is 5.69 Å². The molecule has 0 unspecified atom stereocenters. The first kappa shape index (κ1) is 11.2. The minimum absolute atomic E-state index is 0.261. The van der Waals surface area contributed by atoms with Crippen molar-refractivity contribution in [2.75, 3.05) is 7.11 Å². The van der Waals surface area contributed by atoms with Gasteiger partial charge in [-0.2, -0.15) is 0 Å². The van der Waals surface area contributed by atoms with Crippen LogP contribution in [0.3, 0.4) is 0 Å². The van der Waals surface area contributed by atoms with Crippen molar-refractivity contribution in [3.05, 3.63) is 30.1 Å². The highest BCUT2D eigenvalue weighted by Crippen LogP contribution is 1.92. The molecule has 80 valence electrons. The standard InChI is InChI=1S/C10H12N2O3/c1-15-10(14)6-9(13)12-7-8-4-2-3-5-11-8/h2-5H,6-7H2,1H3,(H,12,13). The third-order valence-corrected chi connectivity index (χ3v) is 1.73. The van der Waals surface area contributed by atoms with Crippen LogP contribution in [-0.2, 0) is 20.9 Å². The average molecular weight is 208 g/mol. The van der Waals surface area contributed by atoms with Gasteiger partial charge in [0.05, 0.1) is 19.3 Å². The Bertz CT molecular complexity index is 338. The Morgan fingerprint density at radius 1 is 1.47 bits per heavy atom. The number of pyridine rings is 1. The third kappa shape index (κ3) is 4.21. The molecule has 1 aromatic rings. The molecule has 5 nitrogen and oxygen atoms in total. The number of carbonyl (C=O) groups excluding carboxylic acids is 2. The lowest BCUT2D eigenvalue weighted by molar-refractivity contribution is -0.143. The van der Waals surface area contributed by atoms with E-state index < -0.39 is 5.97 Å². The molecule has 0 aliphatic rings. The van der Waals surface area contributed by atoms with Crippen LogP contribution in [0.25, 0.3) is 0 Å². The van der Waals surface area contributed by atoms with Crippen molar-refractivity contribution in [3.8, 4) is 0 Å². The summed E-state index contributed by atoms with van der Waals surface area (Å²) in [5, 5.41) is 2.56. The fraction of sp³-hybridized carbons (Fsp3) is 0.300. The summed E-state index contributed by atoms with van der Waals surface area (Å²) in [5.74, 6) is -0.916. The summed E-state index contributed by atoms with van der Waals surface area (Å²) < 4.78 is 4.36. The van der Waals surface area contributed by atoms with E-state index in [4.69, 9.17) is 0 Å². The molecule has 0 aromatic carbocycles. The van der Waals surface area contributed by atoms with E-state index in [1.807, 2.05) is 6.07 Å². The van der Waals surface area contributed by atoms with E-state index >= 15 is 0 Å². The van der Waals surface area contributed by atoms with Crippen LogP contribution >= 0.6 is 0 Å². The molecule has 0 fully saturated rings. The van der Waals surface area contributed by atoms with Crippen molar-refractivity contribution in [3.63, 3.8) is 0 Å². The Morgan fingerprint density at radius 3 is 2.87 bits per heavy atom. The van der Waals surface area contributed by atoms with Gasteiger partial charge >= 0.3 is 5.97 Å². The summed E-state index contributed by atoms with van der Waals surface area (Å²) in [4.78, 5) is 25.9. The van der Waals surface area contributed by atoms with Gasteiger partial charge in [-0.3, -0.25) is 14.6 Å². The van der Waals surface area contributed by atoms with Crippen LogP contribution in [0.15, 0.2) is 24.4 Å². The zero-order valence-corrected chi connectivity index (χ0v) is 8.40. The molecular weight excluding hydrogens is 196 g/mol. The van der Waals surface area contributed by atoms with E-state index in [0.29, 0.717) is 6.54 Å². The molecule has 0 aliphatic heterocycles. The van der Waals surface area contributed by atoms with Crippen LogP contribution in [0.2, 0.25) is 0 Å². The maximum Gasteiger partial charge on any atom is 0.315 e. The van der Waals surface area contributed by atoms with E-state index in [2.05, 4.69) is 15.0 Å². The number of nitrogens with one attached hydrogen (secondary N) is 1. The molecule has 1 N–H and O–H groups in total. The Kier molecular flexibility index (Phi) is 4.28. The van der Waals surface area contributed by atoms with Crippen molar-refractivity contribution < 1.29 is 14.3 Å². The van der Waals surface area contributed by atoms with E-state index in [1.165, 1.54) is 7.11 Å². The van der Waals surface area contributed by atoms with Gasteiger partial charge in [-0.1, -0.05) is 6.07 Å². The van der Waals surface area contributed by atoms with E-state index in [1.54, 1.807) is 18.3 Å². The number of carbonyl (C=O) groups is 2. The van der Waals surface area contributed by atoms with Gasteiger partial charge in [-0.05, 0) is 12.1 Å². The number of amides is 1. The van der Waals surface area contributed by atoms with Gasteiger partial charge in [0.1, 0.15) is 6.42 Å². The topological polar surface area (TPSA) is 68.3 Å². The highest BCUT2D eigenvalue weighted by molar-refractivity contribution is 5.94. The second kappa shape index (κ2) is 5.74. The summed E-state index contributed by atoms with van der Waals surface area (Å²) in [6, 6.07) is 5.41. The Labute approximate surface area is 87.5 Å². The summed E-state index contributed by atoms with van der Waals surface area (Å²) in [7, 11) is 1.24. The normalized spacial score (nSPS) is 9.40. The van der Waals surface area contributed by atoms with Gasteiger partial charge in [0.25, 0.3) is 0 Å². The average Bonchev–Trinajstić information content (AvgIpc) is 2.27. The van der Waals surface area contributed by atoms with Crippen molar-refractivity contribution in [1.29, 1.82) is 0 Å². The number of hydrogen-bond acceptors (Lipinski definition) is 4. The van der Waals surface area contributed by atoms with Crippen LogP contribution in [0.5, 0.6) is 0 Å². The fourth-order valence-electron chi connectivity index (χ4n) is 0.958. The summed E-state index contributed by atoms with van der Waals surface area (Å²) in [5.41, 5.74) is 0.746. The minimum Gasteiger partial charge on any atom is -0.469 e. The molecule has 1 heterocycles. The first-order chi connectivity index (χ1) is 7.22. The predicted molar refractivity (Wildman–Crippen MR) is 52.7 cm³/mol. The number of methoxy groups -OCH3 is 1. The number of aromatic nitrogens is 1. The summed E-state index contributed by atoms with van der Waals surface area (Å²) >= 11 is 0. The van der Waals surface area contributed by atoms with Gasteiger partial charge in [0.15, 0.2) is 0 Å². The maximum atomic E-state index is 11.1. The molecule has 0 saturated heterocycles. The lowest BCUT2D eigenvalue weighted by Gasteiger charge is -2.03. The molecule has 0 radical (unpaired) electrons. The summed E-state index contributed by atoms with van der Waals surface area (Å²) in [6.45, 7) is 0.316. The highest BCUT2D eigenvalue weighted by Gasteiger charge is 2.08. The zero-order valence-electron chi connectivity index (χ0n) is 8.40. The molecule has 0 spiro atoms. The zero-order chi connectivity index (χ0) is 11.1. The van der Waals surface area contributed by atoms with E-state index in [-0.39, 0.29) is 12.3 Å². The van der Waals surface area contributed by atoms with Crippen LogP contribution < -0.4 is 5.32 Å². The molecule has 0 saturated carbocycles. The molecular formula is C10H12N2O3. The number of hydrogen-bond donors (Lipinski definition) is 1. The largest absolute Gasteiger partial charge is 0.469 e. The number of rotatable bonds is 4.